The Morgan fingerprint density at radius 3 is 2.48 bits per heavy atom. The van der Waals surface area contributed by atoms with Crippen LogP contribution in [0.4, 0.5) is 5.69 Å². The smallest absolute Gasteiger partial charge is 0.242 e. The summed E-state index contributed by atoms with van der Waals surface area (Å²) < 4.78 is 2.00. The molecule has 146 valence electrons. The van der Waals surface area contributed by atoms with E-state index in [1.807, 2.05) is 45.2 Å². The third-order valence-corrected chi connectivity index (χ3v) is 5.95. The van der Waals surface area contributed by atoms with E-state index in [0.29, 0.717) is 0 Å². The molecule has 0 aliphatic carbocycles. The third kappa shape index (κ3) is 3.49. The van der Waals surface area contributed by atoms with Crippen LogP contribution in [0.15, 0.2) is 65.5 Å². The van der Waals surface area contributed by atoms with Crippen LogP contribution < -0.4 is 4.90 Å². The van der Waals surface area contributed by atoms with E-state index in [-0.39, 0.29) is 12.5 Å². The highest BCUT2D eigenvalue weighted by atomic mass is 32.1. The minimum absolute atomic E-state index is 0.123. The largest absolute Gasteiger partial charge is 0.368 e. The van der Waals surface area contributed by atoms with E-state index in [9.17, 15) is 4.79 Å². The molecule has 2 aromatic heterocycles. The van der Waals surface area contributed by atoms with Gasteiger partial charge >= 0.3 is 0 Å². The molecule has 6 nitrogen and oxygen atoms in total. The summed E-state index contributed by atoms with van der Waals surface area (Å²) in [5.74, 6) is 0.876. The van der Waals surface area contributed by atoms with Crippen molar-refractivity contribution in [2.24, 2.45) is 0 Å². The molecule has 1 aliphatic heterocycles. The number of carbonyl (C=O) groups is 1. The van der Waals surface area contributed by atoms with E-state index in [1.54, 1.807) is 5.51 Å². The first-order valence-corrected chi connectivity index (χ1v) is 10.7. The zero-order valence-electron chi connectivity index (χ0n) is 15.9. The summed E-state index contributed by atoms with van der Waals surface area (Å²) in [5, 5.41) is 1.97. The van der Waals surface area contributed by atoms with Gasteiger partial charge in [0.1, 0.15) is 12.2 Å². The summed E-state index contributed by atoms with van der Waals surface area (Å²) in [5.41, 5.74) is 5.67. The van der Waals surface area contributed by atoms with Gasteiger partial charge in [-0.05, 0) is 24.3 Å². The number of piperazine rings is 1. The number of anilines is 1. The topological polar surface area (TPSA) is 54.3 Å². The van der Waals surface area contributed by atoms with Crippen LogP contribution in [-0.4, -0.2) is 51.5 Å². The van der Waals surface area contributed by atoms with Crippen molar-refractivity contribution in [1.82, 2.24) is 19.4 Å². The predicted molar refractivity (Wildman–Crippen MR) is 116 cm³/mol. The Kier molecular flexibility index (Phi) is 4.73. The van der Waals surface area contributed by atoms with Gasteiger partial charge in [0.05, 0.1) is 16.5 Å². The van der Waals surface area contributed by atoms with Crippen molar-refractivity contribution in [3.8, 4) is 11.5 Å². The molecule has 1 fully saturated rings. The van der Waals surface area contributed by atoms with Crippen molar-refractivity contribution in [3.63, 3.8) is 0 Å². The highest BCUT2D eigenvalue weighted by molar-refractivity contribution is 7.07. The van der Waals surface area contributed by atoms with Crippen molar-refractivity contribution in [2.75, 3.05) is 31.1 Å². The maximum absolute atomic E-state index is 13.1. The molecular formula is C22H21N5OS. The van der Waals surface area contributed by atoms with Crippen LogP contribution in [0, 0.1) is 0 Å². The van der Waals surface area contributed by atoms with Crippen molar-refractivity contribution in [2.45, 2.75) is 6.54 Å². The second kappa shape index (κ2) is 7.67. The molecule has 3 heterocycles. The van der Waals surface area contributed by atoms with Gasteiger partial charge in [-0.15, -0.1) is 11.3 Å². The van der Waals surface area contributed by atoms with Gasteiger partial charge in [-0.3, -0.25) is 4.79 Å². The average molecular weight is 404 g/mol. The van der Waals surface area contributed by atoms with E-state index >= 15 is 0 Å². The van der Waals surface area contributed by atoms with Gasteiger partial charge in [-0.1, -0.05) is 30.3 Å². The van der Waals surface area contributed by atoms with Gasteiger partial charge in [-0.2, -0.15) is 0 Å². The lowest BCUT2D eigenvalue weighted by molar-refractivity contribution is -0.132. The monoisotopic (exact) mass is 403 g/mol. The Balaban J connectivity index is 1.35. The van der Waals surface area contributed by atoms with Crippen LogP contribution in [0.25, 0.3) is 22.6 Å². The first-order valence-electron chi connectivity index (χ1n) is 9.71. The number of hydrogen-bond acceptors (Lipinski definition) is 5. The molecule has 1 amide bonds. The lowest BCUT2D eigenvalue weighted by atomic mass is 10.2. The minimum Gasteiger partial charge on any atom is -0.368 e. The van der Waals surface area contributed by atoms with E-state index in [4.69, 9.17) is 4.98 Å². The lowest BCUT2D eigenvalue weighted by Crippen LogP contribution is -2.49. The summed E-state index contributed by atoms with van der Waals surface area (Å²) in [6.07, 6.45) is 0. The second-order valence-electron chi connectivity index (χ2n) is 7.09. The highest BCUT2D eigenvalue weighted by Gasteiger charge is 2.23. The standard InChI is InChI=1S/C22H21N5OS/c28-21(26-12-10-25(11-13-26)17-6-2-1-3-7-17)14-27-20-9-5-4-8-18(20)24-22(27)19-15-29-16-23-19/h1-9,15-16H,10-14H2. The summed E-state index contributed by atoms with van der Waals surface area (Å²) >= 11 is 1.53. The number of imidazole rings is 1. The Morgan fingerprint density at radius 1 is 0.966 bits per heavy atom. The molecule has 29 heavy (non-hydrogen) atoms. The number of para-hydroxylation sites is 3. The number of benzene rings is 2. The Labute approximate surface area is 173 Å². The van der Waals surface area contributed by atoms with E-state index < -0.39 is 0 Å². The Morgan fingerprint density at radius 2 is 1.72 bits per heavy atom. The van der Waals surface area contributed by atoms with Crippen LogP contribution in [-0.2, 0) is 11.3 Å². The number of rotatable bonds is 4. The molecule has 5 rings (SSSR count). The second-order valence-corrected chi connectivity index (χ2v) is 7.81. The molecule has 0 radical (unpaired) electrons. The van der Waals surface area contributed by atoms with Gasteiger partial charge < -0.3 is 14.4 Å². The molecule has 1 aliphatic rings. The number of fused-ring (bicyclic) bond motifs is 1. The van der Waals surface area contributed by atoms with Gasteiger partial charge in [0.2, 0.25) is 5.91 Å². The number of hydrogen-bond donors (Lipinski definition) is 0. The van der Waals surface area contributed by atoms with E-state index in [0.717, 1.165) is 48.7 Å². The SMILES string of the molecule is O=C(Cn1c(-c2cscn2)nc2ccccc21)N1CCN(c2ccccc2)CC1. The number of nitrogens with zero attached hydrogens (tertiary/aromatic N) is 5. The van der Waals surface area contributed by atoms with Crippen molar-refractivity contribution >= 4 is 34.0 Å². The summed E-state index contributed by atoms with van der Waals surface area (Å²) in [6.45, 7) is 3.43. The third-order valence-electron chi connectivity index (χ3n) is 5.36. The van der Waals surface area contributed by atoms with Crippen molar-refractivity contribution < 1.29 is 4.79 Å². The first-order chi connectivity index (χ1) is 14.3. The molecule has 1 saturated heterocycles. The number of aromatic nitrogens is 3. The molecule has 2 aromatic carbocycles. The fraction of sp³-hybridized carbons (Fsp3) is 0.227. The zero-order valence-corrected chi connectivity index (χ0v) is 16.8. The normalized spacial score (nSPS) is 14.5. The predicted octanol–water partition coefficient (Wildman–Crippen LogP) is 3.51. The lowest BCUT2D eigenvalue weighted by Gasteiger charge is -2.36. The van der Waals surface area contributed by atoms with Gasteiger partial charge in [-0.25, -0.2) is 9.97 Å². The quantitative estimate of drug-likeness (QED) is 0.523. The number of amides is 1. The van der Waals surface area contributed by atoms with Crippen molar-refractivity contribution in [3.05, 3.63) is 65.5 Å². The summed E-state index contributed by atoms with van der Waals surface area (Å²) in [6, 6.07) is 18.3. The molecule has 0 atom stereocenters. The highest BCUT2D eigenvalue weighted by Crippen LogP contribution is 2.25. The molecule has 0 unspecified atom stereocenters. The van der Waals surface area contributed by atoms with Crippen molar-refractivity contribution in [1.29, 1.82) is 0 Å². The fourth-order valence-electron chi connectivity index (χ4n) is 3.84. The van der Waals surface area contributed by atoms with Gasteiger partial charge in [0.15, 0.2) is 5.82 Å². The molecule has 0 spiro atoms. The van der Waals surface area contributed by atoms with E-state index in [2.05, 4.69) is 34.1 Å². The fourth-order valence-corrected chi connectivity index (χ4v) is 4.37. The molecule has 0 N–H and O–H groups in total. The summed E-state index contributed by atoms with van der Waals surface area (Å²) in [7, 11) is 0. The molecule has 4 aromatic rings. The van der Waals surface area contributed by atoms with Crippen LogP contribution in [0.3, 0.4) is 0 Å². The Hall–Kier alpha value is -3.19. The molecular weight excluding hydrogens is 382 g/mol. The molecule has 7 heteroatoms. The average Bonchev–Trinajstić information content (AvgIpc) is 3.43. The van der Waals surface area contributed by atoms with E-state index in [1.165, 1.54) is 17.0 Å². The summed E-state index contributed by atoms with van der Waals surface area (Å²) in [4.78, 5) is 26.5. The van der Waals surface area contributed by atoms with Crippen LogP contribution in [0.5, 0.6) is 0 Å². The number of thiazole rings is 1. The maximum atomic E-state index is 13.1. The first kappa shape index (κ1) is 17.9. The maximum Gasteiger partial charge on any atom is 0.242 e. The van der Waals surface area contributed by atoms with Gasteiger partial charge in [0, 0.05) is 37.2 Å². The zero-order chi connectivity index (χ0) is 19.6. The minimum atomic E-state index is 0.123. The van der Waals surface area contributed by atoms with Crippen LogP contribution >= 0.6 is 11.3 Å². The van der Waals surface area contributed by atoms with Gasteiger partial charge in [0.25, 0.3) is 0 Å². The molecule has 0 bridgehead atoms. The van der Waals surface area contributed by atoms with Crippen LogP contribution in [0.2, 0.25) is 0 Å². The Bertz CT molecular complexity index is 1110. The van der Waals surface area contributed by atoms with Crippen LogP contribution in [0.1, 0.15) is 0 Å². The molecule has 0 saturated carbocycles. The number of carbonyl (C=O) groups excluding carboxylic acids is 1.